The number of carboxylic acid groups (broad SMARTS) is 1. The summed E-state index contributed by atoms with van der Waals surface area (Å²) in [4.78, 5) is 18.4. The van der Waals surface area contributed by atoms with E-state index in [1.165, 1.54) is 6.20 Å². The second-order valence-corrected chi connectivity index (χ2v) is 3.66. The molecular formula is C12H9N3O2. The van der Waals surface area contributed by atoms with Crippen LogP contribution in [0.5, 0.6) is 0 Å². The van der Waals surface area contributed by atoms with Crippen molar-refractivity contribution in [1.82, 2.24) is 14.5 Å². The average molecular weight is 227 g/mol. The summed E-state index contributed by atoms with van der Waals surface area (Å²) < 4.78 is 1.15. The predicted molar refractivity (Wildman–Crippen MR) is 62.9 cm³/mol. The zero-order valence-corrected chi connectivity index (χ0v) is 8.79. The number of hydrogen-bond acceptors (Lipinski definition) is 2. The lowest BCUT2D eigenvalue weighted by molar-refractivity contribution is 0.197. The number of rotatable bonds is 1. The molecule has 0 saturated carbocycles. The lowest BCUT2D eigenvalue weighted by Gasteiger charge is -2.03. The van der Waals surface area contributed by atoms with Crippen molar-refractivity contribution in [2.45, 2.75) is 0 Å². The molecule has 0 saturated heterocycles. The summed E-state index contributed by atoms with van der Waals surface area (Å²) in [7, 11) is 0. The highest BCUT2D eigenvalue weighted by atomic mass is 16.4. The molecule has 5 nitrogen and oxygen atoms in total. The molecule has 0 unspecified atom stereocenters. The van der Waals surface area contributed by atoms with Crippen LogP contribution >= 0.6 is 0 Å². The zero-order valence-electron chi connectivity index (χ0n) is 8.79. The van der Waals surface area contributed by atoms with Crippen LogP contribution in [0.25, 0.3) is 22.4 Å². The molecule has 0 spiro atoms. The first-order valence-electron chi connectivity index (χ1n) is 5.11. The minimum Gasteiger partial charge on any atom is -0.464 e. The summed E-state index contributed by atoms with van der Waals surface area (Å²) in [6.45, 7) is 0. The first-order valence-corrected chi connectivity index (χ1v) is 5.11. The maximum atomic E-state index is 11.0. The Bertz CT molecular complexity index is 696. The summed E-state index contributed by atoms with van der Waals surface area (Å²) in [6, 6.07) is 9.05. The Morgan fingerprint density at radius 2 is 2.18 bits per heavy atom. The molecule has 17 heavy (non-hydrogen) atoms. The summed E-state index contributed by atoms with van der Waals surface area (Å²) >= 11 is 0. The molecule has 0 amide bonds. The molecule has 0 aliphatic rings. The molecule has 0 radical (unpaired) electrons. The molecule has 0 aromatic carbocycles. The van der Waals surface area contributed by atoms with Crippen molar-refractivity contribution in [3.63, 3.8) is 0 Å². The Morgan fingerprint density at radius 1 is 1.29 bits per heavy atom. The lowest BCUT2D eigenvalue weighted by atomic mass is 10.2. The second-order valence-electron chi connectivity index (χ2n) is 3.66. The normalized spacial score (nSPS) is 10.8. The van der Waals surface area contributed by atoms with E-state index < -0.39 is 6.09 Å². The Morgan fingerprint density at radius 3 is 3.00 bits per heavy atom. The van der Waals surface area contributed by atoms with Crippen molar-refractivity contribution in [3.8, 4) is 11.4 Å². The number of hydrogen-bond donors (Lipinski definition) is 2. The standard InChI is InChI=1S/C12H9N3O2/c16-12(17)15-7-1-2-10(15)9-4-3-8-5-6-13-11(8)14-9/h1-7H,(H,13,14)(H,16,17). The average Bonchev–Trinajstić information content (AvgIpc) is 2.96. The van der Waals surface area contributed by atoms with Crippen molar-refractivity contribution in [1.29, 1.82) is 0 Å². The maximum absolute atomic E-state index is 11.0. The van der Waals surface area contributed by atoms with E-state index in [2.05, 4.69) is 9.97 Å². The SMILES string of the molecule is O=C(O)n1cccc1-c1ccc2cc[nH]c2n1. The van der Waals surface area contributed by atoms with Gasteiger partial charge >= 0.3 is 6.09 Å². The lowest BCUT2D eigenvalue weighted by Crippen LogP contribution is -2.08. The molecular weight excluding hydrogens is 218 g/mol. The number of H-pyrrole nitrogens is 1. The van der Waals surface area contributed by atoms with Crippen molar-refractivity contribution < 1.29 is 9.90 Å². The fourth-order valence-electron chi connectivity index (χ4n) is 1.83. The van der Waals surface area contributed by atoms with Crippen molar-refractivity contribution in [2.24, 2.45) is 0 Å². The fraction of sp³-hybridized carbons (Fsp3) is 0. The van der Waals surface area contributed by atoms with Gasteiger partial charge in [0.1, 0.15) is 5.65 Å². The molecule has 3 aromatic rings. The smallest absolute Gasteiger partial charge is 0.416 e. The molecule has 5 heteroatoms. The summed E-state index contributed by atoms with van der Waals surface area (Å²) in [5.41, 5.74) is 1.95. The Hall–Kier alpha value is -2.56. The molecule has 0 aliphatic carbocycles. The topological polar surface area (TPSA) is 70.9 Å². The molecule has 0 atom stereocenters. The van der Waals surface area contributed by atoms with E-state index >= 15 is 0 Å². The number of pyridine rings is 1. The van der Waals surface area contributed by atoms with Gasteiger partial charge in [0, 0.05) is 17.8 Å². The van der Waals surface area contributed by atoms with E-state index in [1.54, 1.807) is 18.3 Å². The summed E-state index contributed by atoms with van der Waals surface area (Å²) in [5, 5.41) is 10.0. The third kappa shape index (κ3) is 1.48. The van der Waals surface area contributed by atoms with Crippen LogP contribution in [0.4, 0.5) is 4.79 Å². The maximum Gasteiger partial charge on any atom is 0.416 e. The molecule has 0 fully saturated rings. The van der Waals surface area contributed by atoms with Crippen LogP contribution < -0.4 is 0 Å². The quantitative estimate of drug-likeness (QED) is 0.671. The van der Waals surface area contributed by atoms with E-state index in [-0.39, 0.29) is 0 Å². The van der Waals surface area contributed by atoms with Gasteiger partial charge in [0.2, 0.25) is 0 Å². The highest BCUT2D eigenvalue weighted by Gasteiger charge is 2.10. The van der Waals surface area contributed by atoms with Gasteiger partial charge in [-0.25, -0.2) is 9.78 Å². The molecule has 0 aliphatic heterocycles. The highest BCUT2D eigenvalue weighted by Crippen LogP contribution is 2.20. The van der Waals surface area contributed by atoms with Crippen LogP contribution in [-0.2, 0) is 0 Å². The van der Waals surface area contributed by atoms with E-state index in [0.717, 1.165) is 15.6 Å². The third-order valence-corrected chi connectivity index (χ3v) is 2.63. The molecule has 3 aromatic heterocycles. The van der Waals surface area contributed by atoms with Gasteiger partial charge in [0.25, 0.3) is 0 Å². The number of aromatic nitrogens is 3. The van der Waals surface area contributed by atoms with Crippen LogP contribution in [0.2, 0.25) is 0 Å². The third-order valence-electron chi connectivity index (χ3n) is 2.63. The molecule has 0 bridgehead atoms. The Labute approximate surface area is 96.3 Å². The van der Waals surface area contributed by atoms with Gasteiger partial charge in [-0.15, -0.1) is 0 Å². The van der Waals surface area contributed by atoms with Gasteiger partial charge in [-0.2, -0.15) is 0 Å². The van der Waals surface area contributed by atoms with Crippen molar-refractivity contribution in [3.05, 3.63) is 42.7 Å². The largest absolute Gasteiger partial charge is 0.464 e. The monoisotopic (exact) mass is 227 g/mol. The Kier molecular flexibility index (Phi) is 1.98. The van der Waals surface area contributed by atoms with Crippen LogP contribution in [0.1, 0.15) is 0 Å². The van der Waals surface area contributed by atoms with Crippen molar-refractivity contribution in [2.75, 3.05) is 0 Å². The van der Waals surface area contributed by atoms with Gasteiger partial charge in [-0.05, 0) is 30.3 Å². The fourth-order valence-corrected chi connectivity index (χ4v) is 1.83. The summed E-state index contributed by atoms with van der Waals surface area (Å²) in [5.74, 6) is 0. The van der Waals surface area contributed by atoms with E-state index in [1.807, 2.05) is 18.2 Å². The molecule has 84 valence electrons. The van der Waals surface area contributed by atoms with Gasteiger partial charge in [0.05, 0.1) is 11.4 Å². The minimum atomic E-state index is -1.02. The van der Waals surface area contributed by atoms with Crippen LogP contribution in [-0.4, -0.2) is 25.7 Å². The number of aromatic amines is 1. The van der Waals surface area contributed by atoms with Crippen LogP contribution in [0.3, 0.4) is 0 Å². The second kappa shape index (κ2) is 3.48. The Balaban J connectivity index is 2.19. The summed E-state index contributed by atoms with van der Waals surface area (Å²) in [6.07, 6.45) is 2.29. The van der Waals surface area contributed by atoms with Crippen molar-refractivity contribution >= 4 is 17.1 Å². The van der Waals surface area contributed by atoms with Gasteiger partial charge < -0.3 is 10.1 Å². The zero-order chi connectivity index (χ0) is 11.8. The first-order chi connectivity index (χ1) is 8.25. The molecule has 2 N–H and O–H groups in total. The van der Waals surface area contributed by atoms with Crippen LogP contribution in [0.15, 0.2) is 42.7 Å². The van der Waals surface area contributed by atoms with E-state index in [0.29, 0.717) is 11.4 Å². The first kappa shape index (κ1) is 9.65. The van der Waals surface area contributed by atoms with E-state index in [9.17, 15) is 4.79 Å². The molecule has 3 rings (SSSR count). The van der Waals surface area contributed by atoms with Gasteiger partial charge in [0.15, 0.2) is 0 Å². The van der Waals surface area contributed by atoms with Gasteiger partial charge in [-0.3, -0.25) is 4.57 Å². The number of nitrogens with one attached hydrogen (secondary N) is 1. The number of carbonyl (C=O) groups is 1. The van der Waals surface area contributed by atoms with Crippen LogP contribution in [0, 0.1) is 0 Å². The van der Waals surface area contributed by atoms with E-state index in [4.69, 9.17) is 5.11 Å². The predicted octanol–water partition coefficient (Wildman–Crippen LogP) is 2.56. The minimum absolute atomic E-state index is 0.564. The molecule has 3 heterocycles. The van der Waals surface area contributed by atoms with Gasteiger partial charge in [-0.1, -0.05) is 0 Å². The highest BCUT2D eigenvalue weighted by molar-refractivity contribution is 5.81. The number of fused-ring (bicyclic) bond motifs is 1. The number of nitrogens with zero attached hydrogens (tertiary/aromatic N) is 2.